The molecule has 0 unspecified atom stereocenters. The average Bonchev–Trinajstić information content (AvgIpc) is 3.22. The fourth-order valence-corrected chi connectivity index (χ4v) is 3.62. The summed E-state index contributed by atoms with van der Waals surface area (Å²) in [5.74, 6) is 0.909. The van der Waals surface area contributed by atoms with E-state index in [0.29, 0.717) is 16.7 Å². The Hall–Kier alpha value is -3.65. The molecule has 0 aliphatic carbocycles. The van der Waals surface area contributed by atoms with Crippen LogP contribution in [0.4, 0.5) is 10.1 Å². The second-order valence-electron chi connectivity index (χ2n) is 6.52. The van der Waals surface area contributed by atoms with E-state index in [2.05, 4.69) is 15.5 Å². The molecular weight excluding hydrogens is 415 g/mol. The molecule has 0 atom stereocenters. The molecule has 0 radical (unpaired) electrons. The number of aromatic nitrogens is 3. The SMILES string of the molecule is O=C(CSc1nnc(COc2ccccc2)n1-c1ccccc1)Nc1ccc(F)cc1. The molecule has 3 aromatic carbocycles. The lowest BCUT2D eigenvalue weighted by atomic mass is 10.3. The quantitative estimate of drug-likeness (QED) is 0.407. The zero-order valence-corrected chi connectivity index (χ0v) is 17.3. The molecular formula is C23H19FN4O2S. The largest absolute Gasteiger partial charge is 0.486 e. The maximum absolute atomic E-state index is 13.0. The number of carbonyl (C=O) groups is 1. The van der Waals surface area contributed by atoms with Crippen LogP contribution in [0.2, 0.25) is 0 Å². The van der Waals surface area contributed by atoms with E-state index in [1.165, 1.54) is 36.0 Å². The highest BCUT2D eigenvalue weighted by molar-refractivity contribution is 7.99. The number of nitrogens with zero attached hydrogens (tertiary/aromatic N) is 3. The van der Waals surface area contributed by atoms with Gasteiger partial charge in [0.05, 0.1) is 5.75 Å². The van der Waals surface area contributed by atoms with Crippen molar-refractivity contribution in [1.82, 2.24) is 14.8 Å². The Balaban J connectivity index is 1.48. The summed E-state index contributed by atoms with van der Waals surface area (Å²) in [6.07, 6.45) is 0. The summed E-state index contributed by atoms with van der Waals surface area (Å²) >= 11 is 1.26. The Labute approximate surface area is 183 Å². The molecule has 0 fully saturated rings. The summed E-state index contributed by atoms with van der Waals surface area (Å²) in [6, 6.07) is 24.8. The van der Waals surface area contributed by atoms with Crippen LogP contribution in [0.1, 0.15) is 5.82 Å². The number of benzene rings is 3. The minimum atomic E-state index is -0.353. The molecule has 0 saturated heterocycles. The number of para-hydroxylation sites is 2. The molecule has 1 aromatic heterocycles. The first-order chi connectivity index (χ1) is 15.2. The highest BCUT2D eigenvalue weighted by Gasteiger charge is 2.16. The summed E-state index contributed by atoms with van der Waals surface area (Å²) in [4.78, 5) is 12.3. The summed E-state index contributed by atoms with van der Waals surface area (Å²) in [7, 11) is 0. The monoisotopic (exact) mass is 434 g/mol. The van der Waals surface area contributed by atoms with Crippen molar-refractivity contribution in [2.75, 3.05) is 11.1 Å². The second kappa shape index (κ2) is 9.90. The summed E-state index contributed by atoms with van der Waals surface area (Å²) in [6.45, 7) is 0.230. The number of rotatable bonds is 8. The smallest absolute Gasteiger partial charge is 0.234 e. The van der Waals surface area contributed by atoms with Crippen LogP contribution in [0, 0.1) is 5.82 Å². The molecule has 8 heteroatoms. The Bertz CT molecular complexity index is 1140. The molecule has 0 saturated carbocycles. The Kier molecular flexibility index (Phi) is 6.59. The third-order valence-corrected chi connectivity index (χ3v) is 5.22. The van der Waals surface area contributed by atoms with Crippen LogP contribution < -0.4 is 10.1 Å². The first-order valence-corrected chi connectivity index (χ1v) is 10.5. The van der Waals surface area contributed by atoms with Crippen molar-refractivity contribution in [2.24, 2.45) is 0 Å². The standard InChI is InChI=1S/C23H19FN4O2S/c24-17-11-13-18(14-12-17)25-22(29)16-31-23-27-26-21(15-30-20-9-5-2-6-10-20)28(23)19-7-3-1-4-8-19/h1-14H,15-16H2,(H,25,29). The van der Waals surface area contributed by atoms with Gasteiger partial charge in [-0.2, -0.15) is 0 Å². The lowest BCUT2D eigenvalue weighted by Crippen LogP contribution is -2.14. The molecule has 0 bridgehead atoms. The van der Waals surface area contributed by atoms with Crippen LogP contribution in [-0.2, 0) is 11.4 Å². The van der Waals surface area contributed by atoms with Crippen LogP contribution in [0.15, 0.2) is 90.1 Å². The zero-order chi connectivity index (χ0) is 21.5. The van der Waals surface area contributed by atoms with Gasteiger partial charge in [-0.25, -0.2) is 4.39 Å². The number of hydrogen-bond donors (Lipinski definition) is 1. The molecule has 1 amide bonds. The number of amides is 1. The van der Waals surface area contributed by atoms with Crippen LogP contribution in [0.25, 0.3) is 5.69 Å². The fraction of sp³-hybridized carbons (Fsp3) is 0.0870. The van der Waals surface area contributed by atoms with Crippen molar-refractivity contribution in [1.29, 1.82) is 0 Å². The van der Waals surface area contributed by atoms with Gasteiger partial charge >= 0.3 is 0 Å². The van der Waals surface area contributed by atoms with Crippen molar-refractivity contribution in [3.8, 4) is 11.4 Å². The van der Waals surface area contributed by atoms with Crippen molar-refractivity contribution in [2.45, 2.75) is 11.8 Å². The number of ether oxygens (including phenoxy) is 1. The molecule has 156 valence electrons. The Morgan fingerprint density at radius 1 is 0.935 bits per heavy atom. The number of anilines is 1. The van der Waals surface area contributed by atoms with Gasteiger partial charge in [-0.15, -0.1) is 10.2 Å². The van der Waals surface area contributed by atoms with Crippen LogP contribution >= 0.6 is 11.8 Å². The minimum absolute atomic E-state index is 0.127. The van der Waals surface area contributed by atoms with Gasteiger partial charge in [0.2, 0.25) is 5.91 Å². The van der Waals surface area contributed by atoms with E-state index in [4.69, 9.17) is 4.74 Å². The fourth-order valence-electron chi connectivity index (χ4n) is 2.85. The maximum Gasteiger partial charge on any atom is 0.234 e. The van der Waals surface area contributed by atoms with Crippen LogP contribution in [-0.4, -0.2) is 26.4 Å². The zero-order valence-electron chi connectivity index (χ0n) is 16.4. The van der Waals surface area contributed by atoms with E-state index in [1.807, 2.05) is 65.2 Å². The van der Waals surface area contributed by atoms with Crippen molar-refractivity contribution >= 4 is 23.4 Å². The molecule has 4 aromatic rings. The van der Waals surface area contributed by atoms with Crippen molar-refractivity contribution in [3.63, 3.8) is 0 Å². The summed E-state index contributed by atoms with van der Waals surface area (Å²) in [5, 5.41) is 11.9. The van der Waals surface area contributed by atoms with Gasteiger partial charge in [-0.05, 0) is 48.5 Å². The van der Waals surface area contributed by atoms with Gasteiger partial charge in [0.25, 0.3) is 0 Å². The van der Waals surface area contributed by atoms with Gasteiger partial charge in [0.15, 0.2) is 11.0 Å². The van der Waals surface area contributed by atoms with Gasteiger partial charge in [-0.1, -0.05) is 48.2 Å². The highest BCUT2D eigenvalue weighted by Crippen LogP contribution is 2.23. The van der Waals surface area contributed by atoms with Crippen molar-refractivity contribution < 1.29 is 13.9 Å². The number of hydrogen-bond acceptors (Lipinski definition) is 5. The van der Waals surface area contributed by atoms with Crippen LogP contribution in [0.3, 0.4) is 0 Å². The van der Waals surface area contributed by atoms with E-state index in [0.717, 1.165) is 11.4 Å². The van der Waals surface area contributed by atoms with Gasteiger partial charge in [0, 0.05) is 11.4 Å². The Morgan fingerprint density at radius 3 is 2.32 bits per heavy atom. The normalized spacial score (nSPS) is 10.6. The number of thioether (sulfide) groups is 1. The molecule has 31 heavy (non-hydrogen) atoms. The molecule has 0 spiro atoms. The summed E-state index contributed by atoms with van der Waals surface area (Å²) < 4.78 is 20.7. The van der Waals surface area contributed by atoms with E-state index < -0.39 is 0 Å². The topological polar surface area (TPSA) is 69.0 Å². The van der Waals surface area contributed by atoms with Gasteiger partial charge < -0.3 is 10.1 Å². The average molecular weight is 434 g/mol. The maximum atomic E-state index is 13.0. The number of carbonyl (C=O) groups excluding carboxylic acids is 1. The first-order valence-electron chi connectivity index (χ1n) is 9.55. The van der Waals surface area contributed by atoms with Crippen molar-refractivity contribution in [3.05, 3.63) is 96.6 Å². The molecule has 1 N–H and O–H groups in total. The molecule has 4 rings (SSSR count). The molecule has 1 heterocycles. The predicted molar refractivity (Wildman–Crippen MR) is 118 cm³/mol. The molecule has 6 nitrogen and oxygen atoms in total. The lowest BCUT2D eigenvalue weighted by Gasteiger charge is -2.11. The van der Waals surface area contributed by atoms with Crippen LogP contribution in [0.5, 0.6) is 5.75 Å². The molecule has 0 aliphatic heterocycles. The van der Waals surface area contributed by atoms with Gasteiger partial charge in [-0.3, -0.25) is 9.36 Å². The predicted octanol–water partition coefficient (Wildman–Crippen LogP) is 4.72. The van der Waals surface area contributed by atoms with E-state index >= 15 is 0 Å². The molecule has 0 aliphatic rings. The van der Waals surface area contributed by atoms with E-state index in [1.54, 1.807) is 0 Å². The second-order valence-corrected chi connectivity index (χ2v) is 7.46. The Morgan fingerprint density at radius 2 is 1.61 bits per heavy atom. The lowest BCUT2D eigenvalue weighted by molar-refractivity contribution is -0.113. The van der Waals surface area contributed by atoms with E-state index in [-0.39, 0.29) is 24.1 Å². The third-order valence-electron chi connectivity index (χ3n) is 4.29. The first kappa shape index (κ1) is 20.6. The van der Waals surface area contributed by atoms with E-state index in [9.17, 15) is 9.18 Å². The minimum Gasteiger partial charge on any atom is -0.486 e. The highest BCUT2D eigenvalue weighted by atomic mass is 32.2. The van der Waals surface area contributed by atoms with Gasteiger partial charge in [0.1, 0.15) is 18.2 Å². The number of halogens is 1. The third kappa shape index (κ3) is 5.49. The summed E-state index contributed by atoms with van der Waals surface area (Å²) in [5.41, 5.74) is 1.41. The number of nitrogens with one attached hydrogen (secondary N) is 1.